The zero-order valence-corrected chi connectivity index (χ0v) is 32.9. The lowest BCUT2D eigenvalue weighted by molar-refractivity contribution is 0.112. The molecule has 0 heterocycles. The van der Waals surface area contributed by atoms with Gasteiger partial charge in [0, 0.05) is 16.7 Å². The van der Waals surface area contributed by atoms with Gasteiger partial charge in [-0.2, -0.15) is 0 Å². The molecule has 0 aromatic heterocycles. The van der Waals surface area contributed by atoms with E-state index in [0.717, 1.165) is 57.3 Å². The molecule has 0 radical (unpaired) electrons. The molecular weight excluding hydrogens is 712 g/mol. The Balaban J connectivity index is 1.27. The van der Waals surface area contributed by atoms with Crippen molar-refractivity contribution in [3.8, 4) is 45.3 Å². The number of hydrogen-bond donors (Lipinski definition) is 0. The molecule has 0 saturated carbocycles. The molecule has 0 atom stereocenters. The van der Waals surface area contributed by atoms with Crippen LogP contribution < -0.4 is 34.9 Å². The summed E-state index contributed by atoms with van der Waals surface area (Å²) in [6, 6.07) is 57.0. The second-order valence-electron chi connectivity index (χ2n) is 13.3. The molecule has 0 aliphatic heterocycles. The molecule has 0 aliphatic carbocycles. The van der Waals surface area contributed by atoms with E-state index in [1.807, 2.05) is 42.5 Å². The monoisotopic (exact) mass is 755 g/mol. The molecule has 0 aliphatic rings. The van der Waals surface area contributed by atoms with Gasteiger partial charge in [-0.3, -0.25) is 4.79 Å². The van der Waals surface area contributed by atoms with Crippen molar-refractivity contribution >= 4 is 41.6 Å². The van der Waals surface area contributed by atoms with Gasteiger partial charge in [0.15, 0.2) is 6.29 Å². The fourth-order valence-corrected chi connectivity index (χ4v) is 11.6. The van der Waals surface area contributed by atoms with Crippen molar-refractivity contribution in [2.24, 2.45) is 0 Å². The Morgan fingerprint density at radius 2 is 0.911 bits per heavy atom. The zero-order chi connectivity index (χ0) is 38.9. The SMILES string of the molecule is COc1ccc(-c2ccc(/C=C/c3cc(OC)ccc3-c3ccc(C[P+](c4ccccc4)(c4ccccc4)c4ccccc4)cc3OC)cc2OC)c(C=O)c1. The molecule has 5 nitrogen and oxygen atoms in total. The van der Waals surface area contributed by atoms with Gasteiger partial charge in [-0.25, -0.2) is 0 Å². The van der Waals surface area contributed by atoms with Crippen LogP contribution >= 0.6 is 7.26 Å². The van der Waals surface area contributed by atoms with E-state index in [1.165, 1.54) is 21.5 Å². The average molecular weight is 756 g/mol. The molecule has 0 spiro atoms. The van der Waals surface area contributed by atoms with Crippen LogP contribution in [0, 0.1) is 0 Å². The van der Waals surface area contributed by atoms with Gasteiger partial charge in [-0.15, -0.1) is 0 Å². The molecule has 7 aromatic carbocycles. The maximum atomic E-state index is 12.0. The van der Waals surface area contributed by atoms with Gasteiger partial charge in [-0.1, -0.05) is 91.0 Å². The van der Waals surface area contributed by atoms with E-state index in [0.29, 0.717) is 17.1 Å². The number of rotatable bonds is 14. The highest BCUT2D eigenvalue weighted by molar-refractivity contribution is 7.95. The summed E-state index contributed by atoms with van der Waals surface area (Å²) in [6.07, 6.45) is 5.81. The first kappa shape index (κ1) is 37.9. The van der Waals surface area contributed by atoms with Crippen LogP contribution in [0.4, 0.5) is 0 Å². The fourth-order valence-electron chi connectivity index (χ4n) is 7.38. The fraction of sp³-hybridized carbons (Fsp3) is 0.100. The summed E-state index contributed by atoms with van der Waals surface area (Å²) >= 11 is 0. The number of methoxy groups -OCH3 is 4. The summed E-state index contributed by atoms with van der Waals surface area (Å²) in [5, 5.41) is 4.00. The average Bonchev–Trinajstić information content (AvgIpc) is 3.27. The van der Waals surface area contributed by atoms with Crippen LogP contribution in [0.2, 0.25) is 0 Å². The highest BCUT2D eigenvalue weighted by Crippen LogP contribution is 2.58. The predicted molar refractivity (Wildman–Crippen MR) is 233 cm³/mol. The van der Waals surface area contributed by atoms with Crippen molar-refractivity contribution in [3.63, 3.8) is 0 Å². The summed E-state index contributed by atoms with van der Waals surface area (Å²) in [4.78, 5) is 12.0. The summed E-state index contributed by atoms with van der Waals surface area (Å²) in [5.41, 5.74) is 7.22. The zero-order valence-electron chi connectivity index (χ0n) is 32.0. The minimum atomic E-state index is -2.11. The molecule has 7 aromatic rings. The number of ether oxygens (including phenoxy) is 4. The van der Waals surface area contributed by atoms with Crippen LogP contribution in [0.1, 0.15) is 27.0 Å². The normalized spacial score (nSPS) is 11.3. The van der Waals surface area contributed by atoms with Crippen molar-refractivity contribution in [2.75, 3.05) is 28.4 Å². The Hall–Kier alpha value is -6.42. The Morgan fingerprint density at radius 1 is 0.446 bits per heavy atom. The Morgan fingerprint density at radius 3 is 1.41 bits per heavy atom. The number of carbonyl (C=O) groups excluding carboxylic acids is 1. The van der Waals surface area contributed by atoms with Gasteiger partial charge in [0.1, 0.15) is 46.2 Å². The minimum absolute atomic E-state index is 0.527. The molecule has 0 saturated heterocycles. The van der Waals surface area contributed by atoms with Crippen LogP contribution in [0.25, 0.3) is 34.4 Å². The second kappa shape index (κ2) is 17.4. The third-order valence-corrected chi connectivity index (χ3v) is 14.6. The first-order valence-corrected chi connectivity index (χ1v) is 20.4. The van der Waals surface area contributed by atoms with Crippen molar-refractivity contribution in [2.45, 2.75) is 6.16 Å². The number of aldehydes is 1. The molecule has 7 rings (SSSR count). The number of hydrogen-bond acceptors (Lipinski definition) is 5. The molecule has 0 amide bonds. The lowest BCUT2D eigenvalue weighted by atomic mass is 9.95. The predicted octanol–water partition coefficient (Wildman–Crippen LogP) is 10.5. The van der Waals surface area contributed by atoms with Gasteiger partial charge in [-0.05, 0) is 113 Å². The summed E-state index contributed by atoms with van der Waals surface area (Å²) in [7, 11) is 4.52. The van der Waals surface area contributed by atoms with Crippen molar-refractivity contribution in [3.05, 3.63) is 186 Å². The molecule has 56 heavy (non-hydrogen) atoms. The van der Waals surface area contributed by atoms with E-state index in [2.05, 4.69) is 127 Å². The summed E-state index contributed by atoms with van der Waals surface area (Å²) in [5.74, 6) is 2.83. The molecule has 0 N–H and O–H groups in total. The van der Waals surface area contributed by atoms with E-state index in [1.54, 1.807) is 34.5 Å². The van der Waals surface area contributed by atoms with Gasteiger partial charge in [0.05, 0.1) is 34.6 Å². The van der Waals surface area contributed by atoms with Crippen molar-refractivity contribution in [1.82, 2.24) is 0 Å². The first-order chi connectivity index (χ1) is 27.5. The third-order valence-electron chi connectivity index (χ3n) is 10.2. The molecule has 6 heteroatoms. The molecule has 0 bridgehead atoms. The molecule has 0 unspecified atom stereocenters. The second-order valence-corrected chi connectivity index (χ2v) is 16.8. The van der Waals surface area contributed by atoms with Crippen molar-refractivity contribution < 1.29 is 23.7 Å². The highest BCUT2D eigenvalue weighted by atomic mass is 31.2. The van der Waals surface area contributed by atoms with Crippen LogP contribution in [-0.4, -0.2) is 34.7 Å². The summed E-state index contributed by atoms with van der Waals surface area (Å²) < 4.78 is 23.0. The topological polar surface area (TPSA) is 54.0 Å². The minimum Gasteiger partial charge on any atom is -0.497 e. The van der Waals surface area contributed by atoms with Gasteiger partial charge < -0.3 is 18.9 Å². The lowest BCUT2D eigenvalue weighted by Gasteiger charge is -2.28. The smallest absolute Gasteiger partial charge is 0.150 e. The summed E-state index contributed by atoms with van der Waals surface area (Å²) in [6.45, 7) is 0. The van der Waals surface area contributed by atoms with Crippen LogP contribution in [0.15, 0.2) is 164 Å². The standard InChI is InChI=1S/C50H44O5P/c1-52-40-24-28-45(38(32-40)23-20-36-21-26-48(49(30-36)54-3)46-29-25-41(53-2)33-39(46)34-51)47-27-22-37(31-50(47)55-4)35-56(42-14-8-5-9-15-42,43-16-10-6-11-17-43)44-18-12-7-13-19-44/h5-34H,35H2,1-4H3/q+1/b23-20+. The Bertz CT molecular complexity index is 2360. The van der Waals surface area contributed by atoms with Crippen LogP contribution in [-0.2, 0) is 6.16 Å². The molecule has 278 valence electrons. The van der Waals surface area contributed by atoms with E-state index >= 15 is 0 Å². The van der Waals surface area contributed by atoms with Gasteiger partial charge in [0.2, 0.25) is 0 Å². The third kappa shape index (κ3) is 7.73. The van der Waals surface area contributed by atoms with Crippen LogP contribution in [0.3, 0.4) is 0 Å². The highest BCUT2D eigenvalue weighted by Gasteiger charge is 2.45. The van der Waals surface area contributed by atoms with Crippen LogP contribution in [0.5, 0.6) is 23.0 Å². The maximum absolute atomic E-state index is 12.0. The van der Waals surface area contributed by atoms with Crippen molar-refractivity contribution in [1.29, 1.82) is 0 Å². The Labute approximate surface area is 330 Å². The van der Waals surface area contributed by atoms with Gasteiger partial charge >= 0.3 is 0 Å². The number of carbonyl (C=O) groups is 1. The molecule has 0 fully saturated rings. The maximum Gasteiger partial charge on any atom is 0.150 e. The quantitative estimate of drug-likeness (QED) is 0.0629. The van der Waals surface area contributed by atoms with E-state index in [9.17, 15) is 4.79 Å². The largest absolute Gasteiger partial charge is 0.497 e. The van der Waals surface area contributed by atoms with E-state index in [-0.39, 0.29) is 0 Å². The first-order valence-electron chi connectivity index (χ1n) is 18.4. The molecular formula is C50H44O5P+. The Kier molecular flexibility index (Phi) is 11.7. The van der Waals surface area contributed by atoms with E-state index in [4.69, 9.17) is 18.9 Å². The van der Waals surface area contributed by atoms with Gasteiger partial charge in [0.25, 0.3) is 0 Å². The van der Waals surface area contributed by atoms with E-state index < -0.39 is 7.26 Å². The lowest BCUT2D eigenvalue weighted by Crippen LogP contribution is -2.32. The number of benzene rings is 7.